The average Bonchev–Trinajstić information content (AvgIpc) is 2.82. The third-order valence-electron chi connectivity index (χ3n) is 5.99. The topological polar surface area (TPSA) is 0 Å². The lowest BCUT2D eigenvalue weighted by atomic mass is 10.0. The van der Waals surface area contributed by atoms with E-state index >= 15 is 0 Å². The summed E-state index contributed by atoms with van der Waals surface area (Å²) in [5, 5.41) is 4.39. The fraction of sp³-hybridized carbons (Fsp3) is 0.200. The van der Waals surface area contributed by atoms with Crippen molar-refractivity contribution in [2.24, 2.45) is 5.92 Å². The Morgan fingerprint density at radius 1 is 0.531 bits per heavy atom. The second kappa shape index (κ2) is 11.6. The van der Waals surface area contributed by atoms with Gasteiger partial charge in [0, 0.05) is 6.42 Å². The molecule has 32 heavy (non-hydrogen) atoms. The van der Waals surface area contributed by atoms with Gasteiger partial charge in [-0.05, 0) is 59.9 Å². The van der Waals surface area contributed by atoms with Crippen LogP contribution in [0, 0.1) is 5.92 Å². The number of aryl methyl sites for hydroxylation is 1. The standard InChI is InChI=1S/C30H32P.BrH/c1-25(2)24-27-20-18-26(19-21-27)22-23-31(28-12-6-3-7-13-28,29-14-8-4-9-15-29)30-16-10-5-11-17-30;/h3-21,25H,22-24H2,1-2H3;1H/q+1;/p-1. The van der Waals surface area contributed by atoms with Crippen molar-refractivity contribution >= 4 is 23.2 Å². The van der Waals surface area contributed by atoms with Gasteiger partial charge in [-0.1, -0.05) is 92.7 Å². The van der Waals surface area contributed by atoms with E-state index in [1.165, 1.54) is 27.0 Å². The van der Waals surface area contributed by atoms with Crippen LogP contribution in [-0.2, 0) is 12.8 Å². The highest BCUT2D eigenvalue weighted by atomic mass is 79.9. The number of hydrogen-bond acceptors (Lipinski definition) is 0. The van der Waals surface area contributed by atoms with Crippen molar-refractivity contribution in [3.63, 3.8) is 0 Å². The maximum absolute atomic E-state index is 2.34. The van der Waals surface area contributed by atoms with E-state index < -0.39 is 7.26 Å². The van der Waals surface area contributed by atoms with Crippen LogP contribution in [0.4, 0.5) is 0 Å². The molecule has 4 aromatic carbocycles. The average molecular weight is 503 g/mol. The lowest BCUT2D eigenvalue weighted by molar-refractivity contribution is -0.00000631. The van der Waals surface area contributed by atoms with Crippen molar-refractivity contribution in [3.8, 4) is 0 Å². The quantitative estimate of drug-likeness (QED) is 0.324. The smallest absolute Gasteiger partial charge is 0.112 e. The van der Waals surface area contributed by atoms with E-state index in [1.54, 1.807) is 0 Å². The zero-order valence-corrected chi connectivity index (χ0v) is 21.5. The van der Waals surface area contributed by atoms with E-state index in [1.807, 2.05) is 0 Å². The Balaban J connectivity index is 0.00000289. The van der Waals surface area contributed by atoms with Crippen molar-refractivity contribution in [2.45, 2.75) is 26.7 Å². The molecule has 4 rings (SSSR count). The highest BCUT2D eigenvalue weighted by Gasteiger charge is 2.44. The first-order valence-electron chi connectivity index (χ1n) is 11.3. The van der Waals surface area contributed by atoms with Gasteiger partial charge in [0.1, 0.15) is 23.2 Å². The van der Waals surface area contributed by atoms with Gasteiger partial charge in [-0.15, -0.1) is 0 Å². The van der Waals surface area contributed by atoms with Crippen molar-refractivity contribution in [2.75, 3.05) is 6.16 Å². The first kappa shape index (κ1) is 24.4. The first-order valence-corrected chi connectivity index (χ1v) is 13.3. The molecule has 0 radical (unpaired) electrons. The van der Waals surface area contributed by atoms with Gasteiger partial charge < -0.3 is 17.0 Å². The minimum atomic E-state index is -1.75. The van der Waals surface area contributed by atoms with Crippen LogP contribution in [-0.4, -0.2) is 6.16 Å². The molecule has 0 amide bonds. The molecule has 0 N–H and O–H groups in total. The summed E-state index contributed by atoms with van der Waals surface area (Å²) in [6.07, 6.45) is 3.36. The molecule has 0 unspecified atom stereocenters. The molecule has 2 heteroatoms. The maximum Gasteiger partial charge on any atom is 0.112 e. The molecule has 0 atom stereocenters. The van der Waals surface area contributed by atoms with Gasteiger partial charge in [0.2, 0.25) is 0 Å². The third kappa shape index (κ3) is 5.58. The van der Waals surface area contributed by atoms with Crippen molar-refractivity contribution < 1.29 is 17.0 Å². The summed E-state index contributed by atoms with van der Waals surface area (Å²) in [5.74, 6) is 0.693. The largest absolute Gasteiger partial charge is 1.00 e. The van der Waals surface area contributed by atoms with Gasteiger partial charge in [-0.25, -0.2) is 0 Å². The molecule has 0 saturated heterocycles. The highest BCUT2D eigenvalue weighted by Crippen LogP contribution is 2.55. The predicted molar refractivity (Wildman–Crippen MR) is 139 cm³/mol. The molecule has 0 saturated carbocycles. The fourth-order valence-electron chi connectivity index (χ4n) is 4.49. The third-order valence-corrected chi connectivity index (χ3v) is 10.4. The number of halogens is 1. The Labute approximate surface area is 204 Å². The Bertz CT molecular complexity index is 961. The van der Waals surface area contributed by atoms with Crippen LogP contribution in [0.15, 0.2) is 115 Å². The summed E-state index contributed by atoms with van der Waals surface area (Å²) in [7, 11) is -1.75. The molecule has 4 aromatic rings. The summed E-state index contributed by atoms with van der Waals surface area (Å²) >= 11 is 0. The van der Waals surface area contributed by atoms with E-state index in [0.29, 0.717) is 5.92 Å². The van der Waals surface area contributed by atoms with Gasteiger partial charge in [0.05, 0.1) is 6.16 Å². The van der Waals surface area contributed by atoms with Crippen molar-refractivity contribution in [1.82, 2.24) is 0 Å². The minimum absolute atomic E-state index is 0. The predicted octanol–water partition coefficient (Wildman–Crippen LogP) is 3.43. The van der Waals surface area contributed by atoms with Crippen LogP contribution in [0.25, 0.3) is 0 Å². The SMILES string of the molecule is CC(C)Cc1ccc(CC[P+](c2ccccc2)(c2ccccc2)c2ccccc2)cc1.[Br-]. The maximum atomic E-state index is 2.34. The molecule has 0 heterocycles. The second-order valence-electron chi connectivity index (χ2n) is 8.70. The molecular formula is C30H32BrP. The molecule has 164 valence electrons. The van der Waals surface area contributed by atoms with E-state index in [4.69, 9.17) is 0 Å². The Hall–Kier alpha value is -2.21. The number of rotatable bonds is 8. The van der Waals surface area contributed by atoms with Crippen LogP contribution in [0.5, 0.6) is 0 Å². The fourth-order valence-corrected chi connectivity index (χ4v) is 8.80. The van der Waals surface area contributed by atoms with E-state index in [0.717, 1.165) is 19.0 Å². The van der Waals surface area contributed by atoms with E-state index in [2.05, 4.69) is 129 Å². The minimum Gasteiger partial charge on any atom is -1.00 e. The van der Waals surface area contributed by atoms with Crippen LogP contribution in [0.3, 0.4) is 0 Å². The molecule has 0 spiro atoms. The molecule has 0 aliphatic rings. The molecule has 0 fully saturated rings. The zero-order valence-electron chi connectivity index (χ0n) is 19.0. The van der Waals surface area contributed by atoms with Crippen LogP contribution in [0.2, 0.25) is 0 Å². The molecule has 0 bridgehead atoms. The van der Waals surface area contributed by atoms with E-state index in [9.17, 15) is 0 Å². The number of benzene rings is 4. The first-order chi connectivity index (χ1) is 15.2. The van der Waals surface area contributed by atoms with Gasteiger partial charge in [-0.3, -0.25) is 0 Å². The second-order valence-corrected chi connectivity index (χ2v) is 12.3. The molecule has 0 aromatic heterocycles. The van der Waals surface area contributed by atoms with Crippen molar-refractivity contribution in [1.29, 1.82) is 0 Å². The molecule has 0 nitrogen and oxygen atoms in total. The van der Waals surface area contributed by atoms with Crippen LogP contribution >= 0.6 is 7.26 Å². The molecule has 0 aliphatic heterocycles. The van der Waals surface area contributed by atoms with E-state index in [-0.39, 0.29) is 17.0 Å². The van der Waals surface area contributed by atoms with Gasteiger partial charge >= 0.3 is 0 Å². The van der Waals surface area contributed by atoms with Gasteiger partial charge in [0.25, 0.3) is 0 Å². The summed E-state index contributed by atoms with van der Waals surface area (Å²) < 4.78 is 0. The van der Waals surface area contributed by atoms with Gasteiger partial charge in [-0.2, -0.15) is 0 Å². The molecular weight excluding hydrogens is 471 g/mol. The Morgan fingerprint density at radius 3 is 1.28 bits per heavy atom. The summed E-state index contributed by atoms with van der Waals surface area (Å²) in [5.41, 5.74) is 2.87. The Kier molecular flexibility index (Phi) is 8.85. The lowest BCUT2D eigenvalue weighted by Gasteiger charge is -2.27. The number of hydrogen-bond donors (Lipinski definition) is 0. The Morgan fingerprint density at radius 2 is 0.906 bits per heavy atom. The monoisotopic (exact) mass is 502 g/mol. The lowest BCUT2D eigenvalue weighted by Crippen LogP contribution is -3.00. The normalized spacial score (nSPS) is 11.2. The van der Waals surface area contributed by atoms with Gasteiger partial charge in [0.15, 0.2) is 0 Å². The highest BCUT2D eigenvalue weighted by molar-refractivity contribution is 7.95. The summed E-state index contributed by atoms with van der Waals surface area (Å²) in [4.78, 5) is 0. The summed E-state index contributed by atoms with van der Waals surface area (Å²) in [6.45, 7) is 4.57. The molecule has 0 aliphatic carbocycles. The summed E-state index contributed by atoms with van der Waals surface area (Å²) in [6, 6.07) is 42.8. The van der Waals surface area contributed by atoms with Crippen LogP contribution in [0.1, 0.15) is 25.0 Å². The van der Waals surface area contributed by atoms with Crippen LogP contribution < -0.4 is 32.9 Å². The zero-order chi connectivity index (χ0) is 21.5. The van der Waals surface area contributed by atoms with Crippen molar-refractivity contribution in [3.05, 3.63) is 126 Å².